The van der Waals surface area contributed by atoms with Crippen molar-refractivity contribution >= 4 is 0 Å². The molecule has 1 atom stereocenters. The number of aryl methyl sites for hydroxylation is 2. The summed E-state index contributed by atoms with van der Waals surface area (Å²) in [5.41, 5.74) is 10.1. The van der Waals surface area contributed by atoms with Gasteiger partial charge in [0, 0.05) is 6.04 Å². The summed E-state index contributed by atoms with van der Waals surface area (Å²) in [7, 11) is 0. The second-order valence-electron chi connectivity index (χ2n) is 3.57. The Kier molecular flexibility index (Phi) is 3.49. The molecule has 0 saturated carbocycles. The molecular weight excluding hydrogens is 158 g/mol. The summed E-state index contributed by atoms with van der Waals surface area (Å²) >= 11 is 0. The minimum atomic E-state index is 0.204. The molecule has 1 aromatic carbocycles. The van der Waals surface area contributed by atoms with E-state index in [-0.39, 0.29) is 6.04 Å². The lowest BCUT2D eigenvalue weighted by atomic mass is 9.96. The summed E-state index contributed by atoms with van der Waals surface area (Å²) in [6.45, 7) is 6.42. The highest BCUT2D eigenvalue weighted by atomic mass is 14.6. The van der Waals surface area contributed by atoms with Gasteiger partial charge in [0.1, 0.15) is 0 Å². The number of nitrogens with two attached hydrogens (primary N) is 1. The molecule has 0 fully saturated rings. The van der Waals surface area contributed by atoms with Crippen molar-refractivity contribution in [2.75, 3.05) is 0 Å². The molecule has 0 aromatic heterocycles. The Balaban J connectivity index is 3.07. The molecule has 0 bridgehead atoms. The zero-order valence-electron chi connectivity index (χ0n) is 8.80. The summed E-state index contributed by atoms with van der Waals surface area (Å²) in [5, 5.41) is 0. The van der Waals surface area contributed by atoms with Crippen LogP contribution in [0.5, 0.6) is 0 Å². The zero-order chi connectivity index (χ0) is 9.84. The van der Waals surface area contributed by atoms with Gasteiger partial charge in [0.05, 0.1) is 0 Å². The molecular formula is C12H19N. The van der Waals surface area contributed by atoms with Gasteiger partial charge in [-0.25, -0.2) is 0 Å². The average Bonchev–Trinajstić information content (AvgIpc) is 2.16. The lowest BCUT2D eigenvalue weighted by Gasteiger charge is -2.14. The second kappa shape index (κ2) is 4.43. The molecule has 0 unspecified atom stereocenters. The lowest BCUT2D eigenvalue weighted by Crippen LogP contribution is -2.11. The van der Waals surface area contributed by atoms with Gasteiger partial charge in [-0.05, 0) is 30.9 Å². The van der Waals surface area contributed by atoms with Crippen molar-refractivity contribution < 1.29 is 0 Å². The van der Waals surface area contributed by atoms with E-state index in [1.807, 2.05) is 0 Å². The van der Waals surface area contributed by atoms with E-state index < -0.39 is 0 Å². The first-order chi connectivity index (χ1) is 6.19. The molecule has 1 heteroatoms. The lowest BCUT2D eigenvalue weighted by molar-refractivity contribution is 0.689. The molecule has 2 N–H and O–H groups in total. The first-order valence-corrected chi connectivity index (χ1v) is 5.04. The maximum Gasteiger partial charge on any atom is 0.0295 e. The largest absolute Gasteiger partial charge is 0.324 e. The maximum absolute atomic E-state index is 6.04. The topological polar surface area (TPSA) is 26.0 Å². The molecule has 0 saturated heterocycles. The van der Waals surface area contributed by atoms with Crippen LogP contribution in [0.3, 0.4) is 0 Å². The third-order valence-corrected chi connectivity index (χ3v) is 2.52. The van der Waals surface area contributed by atoms with Crippen LogP contribution in [-0.2, 0) is 6.42 Å². The molecule has 0 heterocycles. The van der Waals surface area contributed by atoms with Crippen LogP contribution in [0.4, 0.5) is 0 Å². The van der Waals surface area contributed by atoms with E-state index in [1.54, 1.807) is 0 Å². The number of rotatable bonds is 3. The van der Waals surface area contributed by atoms with Crippen LogP contribution in [0, 0.1) is 6.92 Å². The highest BCUT2D eigenvalue weighted by molar-refractivity contribution is 5.33. The first-order valence-electron chi connectivity index (χ1n) is 5.04. The van der Waals surface area contributed by atoms with Gasteiger partial charge in [0.2, 0.25) is 0 Å². The summed E-state index contributed by atoms with van der Waals surface area (Å²) < 4.78 is 0. The van der Waals surface area contributed by atoms with Crippen molar-refractivity contribution in [3.05, 3.63) is 34.9 Å². The minimum Gasteiger partial charge on any atom is -0.324 e. The molecule has 13 heavy (non-hydrogen) atoms. The average molecular weight is 177 g/mol. The van der Waals surface area contributed by atoms with E-state index in [2.05, 4.69) is 39.0 Å². The van der Waals surface area contributed by atoms with Crippen LogP contribution < -0.4 is 5.73 Å². The Labute approximate surface area is 81.0 Å². The highest BCUT2D eigenvalue weighted by Crippen LogP contribution is 2.20. The molecule has 0 aliphatic heterocycles. The van der Waals surface area contributed by atoms with Gasteiger partial charge >= 0.3 is 0 Å². The number of benzene rings is 1. The van der Waals surface area contributed by atoms with Gasteiger partial charge < -0.3 is 5.73 Å². The molecule has 0 spiro atoms. The van der Waals surface area contributed by atoms with E-state index in [1.165, 1.54) is 16.7 Å². The van der Waals surface area contributed by atoms with Crippen LogP contribution in [0.15, 0.2) is 18.2 Å². The Morgan fingerprint density at radius 1 is 1.31 bits per heavy atom. The Hall–Kier alpha value is -0.820. The van der Waals surface area contributed by atoms with Crippen molar-refractivity contribution in [1.82, 2.24) is 0 Å². The van der Waals surface area contributed by atoms with Crippen molar-refractivity contribution in [3.63, 3.8) is 0 Å². The van der Waals surface area contributed by atoms with Crippen LogP contribution in [0.25, 0.3) is 0 Å². The zero-order valence-corrected chi connectivity index (χ0v) is 8.80. The van der Waals surface area contributed by atoms with Crippen LogP contribution in [0.2, 0.25) is 0 Å². The van der Waals surface area contributed by atoms with E-state index in [0.29, 0.717) is 0 Å². The third-order valence-electron chi connectivity index (χ3n) is 2.52. The minimum absolute atomic E-state index is 0.204. The molecule has 1 aromatic rings. The van der Waals surface area contributed by atoms with Crippen molar-refractivity contribution in [2.24, 2.45) is 5.73 Å². The van der Waals surface area contributed by atoms with Gasteiger partial charge in [-0.3, -0.25) is 0 Å². The molecule has 0 amide bonds. The summed E-state index contributed by atoms with van der Waals surface area (Å²) in [5.74, 6) is 0. The fourth-order valence-corrected chi connectivity index (χ4v) is 1.60. The van der Waals surface area contributed by atoms with Crippen LogP contribution in [0.1, 0.15) is 43.0 Å². The first kappa shape index (κ1) is 10.3. The molecule has 0 radical (unpaired) electrons. The molecule has 1 nitrogen and oxygen atoms in total. The molecule has 0 aliphatic rings. The van der Waals surface area contributed by atoms with Gasteiger partial charge in [0.25, 0.3) is 0 Å². The normalized spacial score (nSPS) is 12.9. The SMILES string of the molecule is CCc1ccc(C)cc1[C@@H](N)CC. The third kappa shape index (κ3) is 2.31. The number of hydrogen-bond donors (Lipinski definition) is 1. The molecule has 1 rings (SSSR count). The van der Waals surface area contributed by atoms with Gasteiger partial charge in [-0.2, -0.15) is 0 Å². The van der Waals surface area contributed by atoms with Crippen molar-refractivity contribution in [3.8, 4) is 0 Å². The summed E-state index contributed by atoms with van der Waals surface area (Å²) in [4.78, 5) is 0. The fraction of sp³-hybridized carbons (Fsp3) is 0.500. The highest BCUT2D eigenvalue weighted by Gasteiger charge is 2.07. The quantitative estimate of drug-likeness (QED) is 0.754. The monoisotopic (exact) mass is 177 g/mol. The van der Waals surface area contributed by atoms with E-state index >= 15 is 0 Å². The summed E-state index contributed by atoms with van der Waals surface area (Å²) in [6.07, 6.45) is 2.08. The standard InChI is InChI=1S/C12H19N/c1-4-10-7-6-9(3)8-11(10)12(13)5-2/h6-8,12H,4-5,13H2,1-3H3/t12-/m0/s1. The maximum atomic E-state index is 6.04. The predicted molar refractivity (Wildman–Crippen MR) is 57.8 cm³/mol. The Morgan fingerprint density at radius 2 is 2.00 bits per heavy atom. The van der Waals surface area contributed by atoms with E-state index in [4.69, 9.17) is 5.73 Å². The smallest absolute Gasteiger partial charge is 0.0295 e. The number of hydrogen-bond acceptors (Lipinski definition) is 1. The van der Waals surface area contributed by atoms with Crippen molar-refractivity contribution in [2.45, 2.75) is 39.7 Å². The van der Waals surface area contributed by atoms with Gasteiger partial charge in [-0.1, -0.05) is 37.6 Å². The van der Waals surface area contributed by atoms with Crippen LogP contribution >= 0.6 is 0 Å². The van der Waals surface area contributed by atoms with Crippen molar-refractivity contribution in [1.29, 1.82) is 0 Å². The molecule has 0 aliphatic carbocycles. The fourth-order valence-electron chi connectivity index (χ4n) is 1.60. The van der Waals surface area contributed by atoms with Crippen LogP contribution in [-0.4, -0.2) is 0 Å². The Bertz CT molecular complexity index is 278. The second-order valence-corrected chi connectivity index (χ2v) is 3.57. The summed E-state index contributed by atoms with van der Waals surface area (Å²) in [6, 6.07) is 6.77. The van der Waals surface area contributed by atoms with Gasteiger partial charge in [-0.15, -0.1) is 0 Å². The van der Waals surface area contributed by atoms with E-state index in [9.17, 15) is 0 Å². The van der Waals surface area contributed by atoms with E-state index in [0.717, 1.165) is 12.8 Å². The van der Waals surface area contributed by atoms with Gasteiger partial charge in [0.15, 0.2) is 0 Å². The Morgan fingerprint density at radius 3 is 2.54 bits per heavy atom. The molecule has 72 valence electrons. The predicted octanol–water partition coefficient (Wildman–Crippen LogP) is 2.97.